The summed E-state index contributed by atoms with van der Waals surface area (Å²) in [5, 5.41) is 0. The first-order valence-corrected chi connectivity index (χ1v) is 5.30. The van der Waals surface area contributed by atoms with E-state index in [1.807, 2.05) is 0 Å². The average molecular weight is 271 g/mol. The van der Waals surface area contributed by atoms with Crippen LogP contribution in [0.25, 0.3) is 11.1 Å². The molecule has 2 rings (SSSR count). The maximum atomic E-state index is 12.9. The molecule has 0 aliphatic carbocycles. The molecule has 1 aromatic carbocycles. The molecule has 0 unspecified atom stereocenters. The summed E-state index contributed by atoms with van der Waals surface area (Å²) in [6.07, 6.45) is -4.61. The van der Waals surface area contributed by atoms with E-state index in [0.717, 1.165) is 12.1 Å². The molecule has 0 saturated carbocycles. The molecule has 0 amide bonds. The van der Waals surface area contributed by atoms with Gasteiger partial charge in [-0.2, -0.15) is 13.2 Å². The minimum absolute atomic E-state index is 0.117. The van der Waals surface area contributed by atoms with E-state index in [-0.39, 0.29) is 17.0 Å². The number of rotatable bonds is 2. The Morgan fingerprint density at radius 3 is 2.16 bits per heavy atom. The van der Waals surface area contributed by atoms with Crippen molar-refractivity contribution in [2.45, 2.75) is 6.18 Å². The first kappa shape index (κ1) is 13.3. The van der Waals surface area contributed by atoms with Crippen molar-refractivity contribution in [3.05, 3.63) is 47.9 Å². The van der Waals surface area contributed by atoms with Crippen molar-refractivity contribution in [2.24, 2.45) is 0 Å². The molecule has 0 radical (unpaired) electrons. The van der Waals surface area contributed by atoms with Crippen LogP contribution in [-0.4, -0.2) is 12.1 Å². The second-order valence-corrected chi connectivity index (χ2v) is 3.75. The highest BCUT2D eigenvalue weighted by Gasteiger charge is 2.36. The summed E-state index contributed by atoms with van der Waals surface area (Å²) in [4.78, 5) is 3.42. The van der Waals surface area contributed by atoms with E-state index in [1.165, 1.54) is 31.4 Å². The van der Waals surface area contributed by atoms with Gasteiger partial charge in [0.15, 0.2) is 5.69 Å². The summed E-state index contributed by atoms with van der Waals surface area (Å²) in [6.45, 7) is 0. The van der Waals surface area contributed by atoms with Gasteiger partial charge in [0.05, 0.1) is 7.11 Å². The molecule has 0 fully saturated rings. The first-order chi connectivity index (χ1) is 8.91. The van der Waals surface area contributed by atoms with Crippen LogP contribution in [0.15, 0.2) is 36.4 Å². The molecule has 0 N–H and O–H groups in total. The van der Waals surface area contributed by atoms with E-state index >= 15 is 0 Å². The number of benzene rings is 1. The van der Waals surface area contributed by atoms with Crippen molar-refractivity contribution in [3.63, 3.8) is 0 Å². The normalized spacial score (nSPS) is 11.4. The highest BCUT2D eigenvalue weighted by atomic mass is 19.4. The van der Waals surface area contributed by atoms with Gasteiger partial charge in [-0.15, -0.1) is 0 Å². The zero-order chi connectivity index (χ0) is 14.0. The van der Waals surface area contributed by atoms with Crippen LogP contribution in [0.4, 0.5) is 17.6 Å². The fraction of sp³-hybridized carbons (Fsp3) is 0.154. The number of hydrogen-bond acceptors (Lipinski definition) is 2. The second-order valence-electron chi connectivity index (χ2n) is 3.75. The Labute approximate surface area is 106 Å². The van der Waals surface area contributed by atoms with E-state index in [2.05, 4.69) is 9.72 Å². The predicted octanol–water partition coefficient (Wildman–Crippen LogP) is 3.92. The van der Waals surface area contributed by atoms with Crippen LogP contribution in [-0.2, 0) is 6.18 Å². The number of halogens is 4. The summed E-state index contributed by atoms with van der Waals surface area (Å²) < 4.78 is 56.3. The number of nitrogens with zero attached hydrogens (tertiary/aromatic N) is 1. The zero-order valence-corrected chi connectivity index (χ0v) is 9.83. The number of methoxy groups -OCH3 is 1. The van der Waals surface area contributed by atoms with Crippen molar-refractivity contribution in [2.75, 3.05) is 7.11 Å². The Morgan fingerprint density at radius 1 is 1.00 bits per heavy atom. The van der Waals surface area contributed by atoms with Gasteiger partial charge < -0.3 is 4.74 Å². The number of hydrogen-bond donors (Lipinski definition) is 0. The van der Waals surface area contributed by atoms with E-state index < -0.39 is 17.7 Å². The van der Waals surface area contributed by atoms with Gasteiger partial charge in [-0.05, 0) is 23.8 Å². The first-order valence-electron chi connectivity index (χ1n) is 5.30. The highest BCUT2D eigenvalue weighted by molar-refractivity contribution is 5.66. The molecule has 1 aromatic heterocycles. The maximum Gasteiger partial charge on any atom is 0.434 e. The summed E-state index contributed by atoms with van der Waals surface area (Å²) >= 11 is 0. The molecule has 19 heavy (non-hydrogen) atoms. The molecular formula is C13H9F4NO. The number of pyridine rings is 1. The number of aromatic nitrogens is 1. The van der Waals surface area contributed by atoms with Gasteiger partial charge in [0, 0.05) is 11.6 Å². The fourth-order valence-electron chi connectivity index (χ4n) is 1.63. The third kappa shape index (κ3) is 2.83. The molecule has 2 nitrogen and oxygen atoms in total. The highest BCUT2D eigenvalue weighted by Crippen LogP contribution is 2.36. The maximum absolute atomic E-state index is 12.9. The zero-order valence-electron chi connectivity index (χ0n) is 9.83. The van der Waals surface area contributed by atoms with Crippen LogP contribution >= 0.6 is 0 Å². The van der Waals surface area contributed by atoms with Crippen molar-refractivity contribution < 1.29 is 22.3 Å². The van der Waals surface area contributed by atoms with Gasteiger partial charge in [-0.3, -0.25) is 0 Å². The van der Waals surface area contributed by atoms with Gasteiger partial charge in [0.25, 0.3) is 0 Å². The Balaban J connectivity index is 2.59. The molecule has 0 bridgehead atoms. The minimum atomic E-state index is -4.61. The van der Waals surface area contributed by atoms with Crippen molar-refractivity contribution in [1.82, 2.24) is 4.98 Å². The van der Waals surface area contributed by atoms with Crippen LogP contribution in [0.1, 0.15) is 5.69 Å². The van der Waals surface area contributed by atoms with E-state index in [0.29, 0.717) is 0 Å². The molecule has 0 saturated heterocycles. The van der Waals surface area contributed by atoms with Crippen LogP contribution in [0, 0.1) is 5.82 Å². The van der Waals surface area contributed by atoms with E-state index in [4.69, 9.17) is 0 Å². The molecule has 6 heteroatoms. The third-order valence-electron chi connectivity index (χ3n) is 2.50. The smallest absolute Gasteiger partial charge is 0.434 e. The van der Waals surface area contributed by atoms with Gasteiger partial charge in [-0.1, -0.05) is 12.1 Å². The minimum Gasteiger partial charge on any atom is -0.481 e. The van der Waals surface area contributed by atoms with Gasteiger partial charge >= 0.3 is 6.18 Å². The lowest BCUT2D eigenvalue weighted by atomic mass is 10.0. The van der Waals surface area contributed by atoms with Crippen LogP contribution < -0.4 is 4.74 Å². The Hall–Kier alpha value is -2.11. The summed E-state index contributed by atoms with van der Waals surface area (Å²) in [6, 6.07) is 7.32. The molecular weight excluding hydrogens is 262 g/mol. The lowest BCUT2D eigenvalue weighted by Gasteiger charge is -2.13. The van der Waals surface area contributed by atoms with Crippen LogP contribution in [0.3, 0.4) is 0 Å². The molecule has 0 atom stereocenters. The number of ether oxygens (including phenoxy) is 1. The molecule has 0 aliphatic heterocycles. The summed E-state index contributed by atoms with van der Waals surface area (Å²) in [7, 11) is 1.24. The van der Waals surface area contributed by atoms with Crippen molar-refractivity contribution in [1.29, 1.82) is 0 Å². The molecule has 0 aliphatic rings. The van der Waals surface area contributed by atoms with Crippen LogP contribution in [0.5, 0.6) is 5.88 Å². The second kappa shape index (κ2) is 4.87. The molecule has 1 heterocycles. The van der Waals surface area contributed by atoms with Crippen molar-refractivity contribution >= 4 is 0 Å². The monoisotopic (exact) mass is 271 g/mol. The summed E-state index contributed by atoms with van der Waals surface area (Å²) in [5.41, 5.74) is -0.935. The Morgan fingerprint density at radius 2 is 1.63 bits per heavy atom. The summed E-state index contributed by atoms with van der Waals surface area (Å²) in [5.74, 6) is -0.642. The topological polar surface area (TPSA) is 22.1 Å². The third-order valence-corrected chi connectivity index (χ3v) is 2.50. The fourth-order valence-corrected chi connectivity index (χ4v) is 1.63. The van der Waals surface area contributed by atoms with Crippen LogP contribution in [0.2, 0.25) is 0 Å². The lowest BCUT2D eigenvalue weighted by Crippen LogP contribution is -2.10. The van der Waals surface area contributed by atoms with Crippen molar-refractivity contribution in [3.8, 4) is 17.0 Å². The Bertz CT molecular complexity index is 578. The number of alkyl halides is 3. The predicted molar refractivity (Wildman–Crippen MR) is 61.2 cm³/mol. The van der Waals surface area contributed by atoms with E-state index in [9.17, 15) is 17.6 Å². The lowest BCUT2D eigenvalue weighted by molar-refractivity contribution is -0.140. The molecule has 100 valence electrons. The standard InChI is InChI=1S/C13H9F4NO/c1-19-11-7-6-10(12(18-11)13(15,16)17)8-2-4-9(14)5-3-8/h2-7H,1H3. The van der Waals surface area contributed by atoms with Gasteiger partial charge in [0.2, 0.25) is 5.88 Å². The van der Waals surface area contributed by atoms with Gasteiger partial charge in [0.1, 0.15) is 5.82 Å². The quantitative estimate of drug-likeness (QED) is 0.772. The van der Waals surface area contributed by atoms with E-state index in [1.54, 1.807) is 0 Å². The largest absolute Gasteiger partial charge is 0.481 e. The SMILES string of the molecule is COc1ccc(-c2ccc(F)cc2)c(C(F)(F)F)n1. The average Bonchev–Trinajstić information content (AvgIpc) is 2.38. The Kier molecular flexibility index (Phi) is 3.42. The van der Waals surface area contributed by atoms with Gasteiger partial charge in [-0.25, -0.2) is 9.37 Å². The molecule has 2 aromatic rings. The molecule has 0 spiro atoms.